The van der Waals surface area contributed by atoms with Crippen LogP contribution in [0.3, 0.4) is 0 Å². The molecule has 4 heterocycles. The molecule has 1 saturated carbocycles. The number of fused-ring (bicyclic) bond motifs is 4. The predicted octanol–water partition coefficient (Wildman–Crippen LogP) is 7.71. The van der Waals surface area contributed by atoms with Gasteiger partial charge in [-0.25, -0.2) is 4.79 Å². The van der Waals surface area contributed by atoms with E-state index in [1.807, 2.05) is 12.2 Å². The van der Waals surface area contributed by atoms with Gasteiger partial charge < -0.3 is 40.9 Å². The lowest BCUT2D eigenvalue weighted by molar-refractivity contribution is -0.438. The molecular weight excluding hydrogens is 1260 g/mol. The lowest BCUT2D eigenvalue weighted by Gasteiger charge is -2.30. The van der Waals surface area contributed by atoms with E-state index < -0.39 is 45.6 Å². The highest BCUT2D eigenvalue weighted by atomic mass is 32.2. The molecule has 512 valence electrons. The number of likely N-dealkylation sites (N-methyl/N-ethyl adjacent to an activating group) is 1. The van der Waals surface area contributed by atoms with Gasteiger partial charge in [0, 0.05) is 125 Å². The molecule has 8 rings (SSSR count). The fourth-order valence-electron chi connectivity index (χ4n) is 13.9. The minimum absolute atomic E-state index is 0.0225. The average molecular weight is 1360 g/mol. The number of carboxylic acid groups (broad SMARTS) is 3. The first kappa shape index (κ1) is 73.1. The molecule has 0 unspecified atom stereocenters. The van der Waals surface area contributed by atoms with Gasteiger partial charge in [-0.2, -0.15) is 13.0 Å². The van der Waals surface area contributed by atoms with Crippen LogP contribution < -0.4 is 20.9 Å². The number of unbranched alkanes of at least 4 members (excludes halogenated alkanes) is 2. The van der Waals surface area contributed by atoms with Crippen LogP contribution in [0.4, 0.5) is 16.2 Å². The van der Waals surface area contributed by atoms with Crippen LogP contribution in [-0.2, 0) is 62.5 Å². The van der Waals surface area contributed by atoms with E-state index in [0.29, 0.717) is 56.8 Å². The third-order valence-electron chi connectivity index (χ3n) is 18.9. The summed E-state index contributed by atoms with van der Waals surface area (Å²) in [5.41, 5.74) is 9.24. The number of benzene rings is 2. The Labute approximate surface area is 561 Å². The standard InChI is InChI=1S/C68H94N10O13S3/c1-8-77-54-26-20-46(94(88,89)90)41-53(54)68(6,7)57(77)16-12-10-13-17-58-67(4,5)52-40-45(3)19-25-55(52)78(58)32-15-11-14-18-59(79)69-29-30-71-66(87)91-44-51-47-21-23-49-50(24-22-48(47)51)64(73-72-63(49)92-9-2)93-39-31-70-60(80)28-27-56(65(85)86)76-37-35-74(42-61(81)82)33-34-75(36-38-76)43-62(83)84/h10,12-13,16-17,19-20,25-26,40-41,47-48,51,56H,8-9,11,14-15,18,21-24,27-39,42-44H2,1-7H3,(H6-,69,70,71,79,80,81,82,83,84,85,86,87,88,89,90)/p+1/t47-,48+,51-,56+/m0/s1. The van der Waals surface area contributed by atoms with E-state index in [4.69, 9.17) is 4.74 Å². The number of allylic oxidation sites excluding steroid dienone is 6. The molecule has 3 aromatic rings. The summed E-state index contributed by atoms with van der Waals surface area (Å²) in [6, 6.07) is 10.4. The predicted molar refractivity (Wildman–Crippen MR) is 363 cm³/mol. The molecule has 2 aliphatic carbocycles. The second-order valence-corrected chi connectivity index (χ2v) is 29.7. The normalized spacial score (nSPS) is 20.5. The number of hydrogen-bond acceptors (Lipinski definition) is 17. The number of ether oxygens (including phenoxy) is 1. The van der Waals surface area contributed by atoms with Crippen LogP contribution >= 0.6 is 23.5 Å². The van der Waals surface area contributed by atoms with Gasteiger partial charge in [0.05, 0.1) is 30.0 Å². The van der Waals surface area contributed by atoms with E-state index in [1.54, 1.807) is 38.6 Å². The number of nitrogens with zero attached hydrogens (tertiary/aromatic N) is 7. The summed E-state index contributed by atoms with van der Waals surface area (Å²) < 4.78 is 41.9. The zero-order chi connectivity index (χ0) is 67.9. The number of amides is 3. The summed E-state index contributed by atoms with van der Waals surface area (Å²) in [5.74, 6) is -1.12. The minimum atomic E-state index is -4.35. The molecule has 2 fully saturated rings. The summed E-state index contributed by atoms with van der Waals surface area (Å²) in [7, 11) is -4.35. The number of alkyl carbamates (subject to hydrolysis) is 1. The number of hydrogen-bond donors (Lipinski definition) is 7. The molecule has 3 aliphatic heterocycles. The molecule has 5 aliphatic rings. The lowest BCUT2D eigenvalue weighted by Crippen LogP contribution is -2.47. The second-order valence-electron chi connectivity index (χ2n) is 25.9. The van der Waals surface area contributed by atoms with E-state index in [2.05, 4.69) is 121 Å². The van der Waals surface area contributed by atoms with Crippen LogP contribution in [-0.4, -0.2) is 209 Å². The van der Waals surface area contributed by atoms with Crippen LogP contribution in [0.5, 0.6) is 0 Å². The summed E-state index contributed by atoms with van der Waals surface area (Å²) in [4.78, 5) is 81.6. The molecule has 1 aromatic heterocycles. The first-order valence-electron chi connectivity index (χ1n) is 33.0. The quantitative estimate of drug-likeness (QED) is 0.0107. The first-order valence-corrected chi connectivity index (χ1v) is 36.4. The first-order chi connectivity index (χ1) is 44.8. The summed E-state index contributed by atoms with van der Waals surface area (Å²) >= 11 is 3.19. The topological polar surface area (TPSA) is 305 Å². The third-order valence-corrected chi connectivity index (χ3v) is 21.7. The van der Waals surface area contributed by atoms with Crippen LogP contribution in [0.2, 0.25) is 0 Å². The molecule has 1 saturated heterocycles. The Morgan fingerprint density at radius 3 is 2.00 bits per heavy atom. The van der Waals surface area contributed by atoms with E-state index in [9.17, 15) is 57.1 Å². The minimum Gasteiger partial charge on any atom is -0.480 e. The number of carbonyl (C=O) groups is 6. The Morgan fingerprint density at radius 2 is 1.37 bits per heavy atom. The Hall–Kier alpha value is -6.68. The zero-order valence-electron chi connectivity index (χ0n) is 55.4. The summed E-state index contributed by atoms with van der Waals surface area (Å²) in [5, 5.41) is 48.8. The van der Waals surface area contributed by atoms with Crippen molar-refractivity contribution in [2.24, 2.45) is 17.8 Å². The van der Waals surface area contributed by atoms with Crippen LogP contribution in [0, 0.1) is 24.7 Å². The number of thioether (sulfide) groups is 2. The maximum atomic E-state index is 13.1. The number of aliphatic carboxylic acids is 3. The van der Waals surface area contributed by atoms with Crippen LogP contribution in [0.1, 0.15) is 121 Å². The van der Waals surface area contributed by atoms with Gasteiger partial charge in [0.2, 0.25) is 17.5 Å². The van der Waals surface area contributed by atoms with Gasteiger partial charge in [0.1, 0.15) is 22.6 Å². The number of carbonyl (C=O) groups excluding carboxylic acids is 3. The number of carboxylic acids is 3. The summed E-state index contributed by atoms with van der Waals surface area (Å²) in [6.45, 7) is 18.7. The Kier molecular flexibility index (Phi) is 25.9. The molecule has 94 heavy (non-hydrogen) atoms. The van der Waals surface area contributed by atoms with Crippen molar-refractivity contribution < 1.29 is 66.4 Å². The molecule has 0 bridgehead atoms. The zero-order valence-corrected chi connectivity index (χ0v) is 57.8. The SMILES string of the molecule is CCSc1nnc(SCCNC(=O)CC[C@H](C(=O)O)N2CCN(CC(=O)O)CCN(CC(=O)O)CC2)c2c1CC[C@H]1[C@@H](CC2)[C@H]1COC(=O)NCCNC(=O)CCCCC[N+]1=C(/C=C/C=C/C=C2/N(CC)c3ccc(S(=O)(=O)O)cc3C2(C)C)C(C)(C)c2cc(C)ccc21. The van der Waals surface area contributed by atoms with Crippen molar-refractivity contribution in [2.75, 3.05) is 108 Å². The molecule has 2 aromatic carbocycles. The van der Waals surface area contributed by atoms with Gasteiger partial charge in [-0.3, -0.25) is 43.2 Å². The second kappa shape index (κ2) is 33.3. The van der Waals surface area contributed by atoms with Gasteiger partial charge in [-0.15, -0.1) is 33.7 Å². The highest BCUT2D eigenvalue weighted by Crippen LogP contribution is 2.54. The molecule has 4 atom stereocenters. The Bertz CT molecular complexity index is 3470. The molecule has 26 heteroatoms. The number of nitrogens with one attached hydrogen (secondary N) is 3. The number of aryl methyl sites for hydroxylation is 1. The van der Waals surface area contributed by atoms with Crippen molar-refractivity contribution in [1.29, 1.82) is 0 Å². The summed E-state index contributed by atoms with van der Waals surface area (Å²) in [6.07, 6.45) is 16.1. The maximum Gasteiger partial charge on any atom is 0.407 e. The van der Waals surface area contributed by atoms with Crippen molar-refractivity contribution in [3.05, 3.63) is 100 Å². The van der Waals surface area contributed by atoms with Crippen molar-refractivity contribution in [2.45, 2.75) is 144 Å². The number of rotatable bonds is 31. The number of anilines is 1. The largest absolute Gasteiger partial charge is 0.480 e. The highest BCUT2D eigenvalue weighted by Gasteiger charge is 2.51. The average Bonchev–Trinajstić information content (AvgIpc) is 1.60. The van der Waals surface area contributed by atoms with Gasteiger partial charge in [0.15, 0.2) is 5.71 Å². The molecule has 0 spiro atoms. The number of aromatic nitrogens is 2. The van der Waals surface area contributed by atoms with E-state index in [0.717, 1.165) is 84.2 Å². The third kappa shape index (κ3) is 19.1. The fraction of sp³-hybridized carbons (Fsp3) is 0.574. The van der Waals surface area contributed by atoms with Gasteiger partial charge >= 0.3 is 24.0 Å². The van der Waals surface area contributed by atoms with Crippen molar-refractivity contribution in [3.63, 3.8) is 0 Å². The molecule has 3 amide bonds. The van der Waals surface area contributed by atoms with Crippen molar-refractivity contribution in [3.8, 4) is 0 Å². The van der Waals surface area contributed by atoms with E-state index in [-0.39, 0.29) is 93.2 Å². The molecule has 23 nitrogen and oxygen atoms in total. The molecule has 7 N–H and O–H groups in total. The lowest BCUT2D eigenvalue weighted by atomic mass is 9.81. The van der Waals surface area contributed by atoms with Crippen molar-refractivity contribution >= 4 is 86.5 Å². The highest BCUT2D eigenvalue weighted by molar-refractivity contribution is 7.99. The van der Waals surface area contributed by atoms with Gasteiger partial charge in [0.25, 0.3) is 10.1 Å². The molecule has 0 radical (unpaired) electrons. The fourth-order valence-corrected chi connectivity index (χ4v) is 16.1. The Balaban J connectivity index is 0.738. The van der Waals surface area contributed by atoms with Gasteiger partial charge in [-0.05, 0) is 143 Å². The monoisotopic (exact) mass is 1360 g/mol. The van der Waals surface area contributed by atoms with Crippen LogP contribution in [0.15, 0.2) is 87.4 Å². The smallest absolute Gasteiger partial charge is 0.407 e. The van der Waals surface area contributed by atoms with Crippen LogP contribution in [0.25, 0.3) is 0 Å². The van der Waals surface area contributed by atoms with E-state index >= 15 is 0 Å². The van der Waals surface area contributed by atoms with Crippen molar-refractivity contribution in [1.82, 2.24) is 40.8 Å². The van der Waals surface area contributed by atoms with E-state index in [1.165, 1.54) is 51.5 Å². The Morgan fingerprint density at radius 1 is 0.745 bits per heavy atom. The molecular formula is C68H95N10O13S3+. The van der Waals surface area contributed by atoms with Gasteiger partial charge in [-0.1, -0.05) is 50.6 Å². The maximum absolute atomic E-state index is 13.1.